The van der Waals surface area contributed by atoms with Crippen molar-refractivity contribution in [3.05, 3.63) is 0 Å². The summed E-state index contributed by atoms with van der Waals surface area (Å²) in [5, 5.41) is 7.70. The predicted octanol–water partition coefficient (Wildman–Crippen LogP) is 9.18. The molecule has 0 amide bonds. The van der Waals surface area contributed by atoms with Crippen molar-refractivity contribution in [1.29, 1.82) is 0 Å². The van der Waals surface area contributed by atoms with E-state index < -0.39 is 0 Å². The molecule has 0 saturated heterocycles. The number of nitrogens with one attached hydrogen (secondary N) is 2. The van der Waals surface area contributed by atoms with E-state index in [2.05, 4.69) is 24.5 Å². The van der Waals surface area contributed by atoms with Gasteiger partial charge in [0, 0.05) is 6.04 Å². The fraction of sp³-hybridized carbons (Fsp3) is 1.00. The highest BCUT2D eigenvalue weighted by molar-refractivity contribution is 4.84. The van der Waals surface area contributed by atoms with Crippen molar-refractivity contribution in [2.75, 3.05) is 19.6 Å². The van der Waals surface area contributed by atoms with Gasteiger partial charge in [-0.15, -0.1) is 0 Å². The summed E-state index contributed by atoms with van der Waals surface area (Å²) >= 11 is 0. The molecule has 192 valence electrons. The average Bonchev–Trinajstić information content (AvgIpc) is 3.25. The molecule has 1 rings (SSSR count). The monoisotopic (exact) mass is 450 g/mol. The smallest absolute Gasteiger partial charge is 0.0107 e. The van der Waals surface area contributed by atoms with Crippen LogP contribution in [0.25, 0.3) is 0 Å². The van der Waals surface area contributed by atoms with Gasteiger partial charge in [-0.2, -0.15) is 0 Å². The molecular formula is C30H62N2. The van der Waals surface area contributed by atoms with Crippen LogP contribution >= 0.6 is 0 Å². The standard InChI is InChI=1S/C30H62N2/c1-3-5-7-9-11-13-15-17-19-21-26-31-28-29-24-23-25-30(29)32-27-22-20-18-16-14-12-10-8-6-4-2/h29-32H,3-28H2,1-2H3. The van der Waals surface area contributed by atoms with Crippen molar-refractivity contribution < 1.29 is 0 Å². The lowest BCUT2D eigenvalue weighted by atomic mass is 10.0. The SMILES string of the molecule is CCCCCCCCCCCCNCC1CCCC1NCCCCCCCCCCCC. The maximum Gasteiger partial charge on any atom is 0.0107 e. The summed E-state index contributed by atoms with van der Waals surface area (Å²) in [6, 6.07) is 0.786. The molecule has 0 aromatic heterocycles. The van der Waals surface area contributed by atoms with Crippen molar-refractivity contribution in [1.82, 2.24) is 10.6 Å². The van der Waals surface area contributed by atoms with Crippen molar-refractivity contribution in [2.45, 2.75) is 168 Å². The quantitative estimate of drug-likeness (QED) is 0.135. The fourth-order valence-corrected chi connectivity index (χ4v) is 5.47. The summed E-state index contributed by atoms with van der Waals surface area (Å²) in [7, 11) is 0. The second kappa shape index (κ2) is 24.1. The Bertz CT molecular complexity index is 357. The van der Waals surface area contributed by atoms with E-state index in [1.54, 1.807) is 0 Å². The molecule has 0 spiro atoms. The Morgan fingerprint density at radius 1 is 0.500 bits per heavy atom. The van der Waals surface area contributed by atoms with Gasteiger partial charge in [0.05, 0.1) is 0 Å². The molecule has 2 heteroatoms. The molecule has 2 atom stereocenters. The summed E-state index contributed by atoms with van der Waals surface area (Å²) in [6.07, 6.45) is 33.0. The number of rotatable bonds is 25. The van der Waals surface area contributed by atoms with Crippen LogP contribution in [0.1, 0.15) is 162 Å². The van der Waals surface area contributed by atoms with Crippen molar-refractivity contribution in [3.8, 4) is 0 Å². The Labute approximate surface area is 203 Å². The number of hydrogen-bond acceptors (Lipinski definition) is 2. The summed E-state index contributed by atoms with van der Waals surface area (Å²) in [5.74, 6) is 0.876. The summed E-state index contributed by atoms with van der Waals surface area (Å²) in [6.45, 7) is 8.33. The molecule has 32 heavy (non-hydrogen) atoms. The van der Waals surface area contributed by atoms with Crippen LogP contribution in [-0.4, -0.2) is 25.7 Å². The molecule has 1 aliphatic rings. The molecular weight excluding hydrogens is 388 g/mol. The molecule has 0 aromatic carbocycles. The first-order valence-corrected chi connectivity index (χ1v) is 15.3. The minimum Gasteiger partial charge on any atom is -0.316 e. The summed E-state index contributed by atoms with van der Waals surface area (Å²) in [5.41, 5.74) is 0. The Balaban J connectivity index is 1.84. The molecule has 1 fully saturated rings. The van der Waals surface area contributed by atoms with Crippen LogP contribution in [0.15, 0.2) is 0 Å². The van der Waals surface area contributed by atoms with Crippen LogP contribution in [0.3, 0.4) is 0 Å². The van der Waals surface area contributed by atoms with Crippen molar-refractivity contribution in [3.63, 3.8) is 0 Å². The van der Waals surface area contributed by atoms with Gasteiger partial charge in [-0.1, -0.05) is 136 Å². The van der Waals surface area contributed by atoms with Gasteiger partial charge in [0.15, 0.2) is 0 Å². The van der Waals surface area contributed by atoms with E-state index in [-0.39, 0.29) is 0 Å². The maximum absolute atomic E-state index is 3.91. The Hall–Kier alpha value is -0.0800. The molecule has 2 nitrogen and oxygen atoms in total. The minimum atomic E-state index is 0.786. The second-order valence-electron chi connectivity index (χ2n) is 10.8. The largest absolute Gasteiger partial charge is 0.316 e. The highest BCUT2D eigenvalue weighted by Gasteiger charge is 2.25. The number of hydrogen-bond donors (Lipinski definition) is 2. The maximum atomic E-state index is 3.91. The molecule has 0 radical (unpaired) electrons. The van der Waals surface area contributed by atoms with Gasteiger partial charge < -0.3 is 10.6 Å². The van der Waals surface area contributed by atoms with Crippen molar-refractivity contribution in [2.24, 2.45) is 5.92 Å². The molecule has 0 aliphatic heterocycles. The van der Waals surface area contributed by atoms with Crippen LogP contribution in [0.5, 0.6) is 0 Å². The Kier molecular flexibility index (Phi) is 22.5. The average molecular weight is 451 g/mol. The zero-order valence-electron chi connectivity index (χ0n) is 22.5. The van der Waals surface area contributed by atoms with E-state index in [1.165, 1.54) is 167 Å². The van der Waals surface area contributed by atoms with Crippen LogP contribution < -0.4 is 10.6 Å². The summed E-state index contributed by atoms with van der Waals surface area (Å²) in [4.78, 5) is 0. The highest BCUT2D eigenvalue weighted by atomic mass is 14.9. The predicted molar refractivity (Wildman–Crippen MR) is 146 cm³/mol. The van der Waals surface area contributed by atoms with Crippen LogP contribution in [-0.2, 0) is 0 Å². The molecule has 1 aliphatic carbocycles. The zero-order chi connectivity index (χ0) is 23.0. The first kappa shape index (κ1) is 30.0. The number of unbranched alkanes of at least 4 members (excludes halogenated alkanes) is 18. The van der Waals surface area contributed by atoms with E-state index in [9.17, 15) is 0 Å². The minimum absolute atomic E-state index is 0.786. The highest BCUT2D eigenvalue weighted by Crippen LogP contribution is 2.25. The zero-order valence-corrected chi connectivity index (χ0v) is 22.5. The van der Waals surface area contributed by atoms with Gasteiger partial charge in [0.25, 0.3) is 0 Å². The molecule has 2 unspecified atom stereocenters. The Morgan fingerprint density at radius 3 is 1.44 bits per heavy atom. The molecule has 0 heterocycles. The van der Waals surface area contributed by atoms with E-state index in [1.807, 2.05) is 0 Å². The van der Waals surface area contributed by atoms with Gasteiger partial charge in [-0.3, -0.25) is 0 Å². The Morgan fingerprint density at radius 2 is 0.938 bits per heavy atom. The van der Waals surface area contributed by atoms with Crippen LogP contribution in [0.2, 0.25) is 0 Å². The molecule has 0 aromatic rings. The van der Waals surface area contributed by atoms with Gasteiger partial charge in [0.2, 0.25) is 0 Å². The fourth-order valence-electron chi connectivity index (χ4n) is 5.47. The lowest BCUT2D eigenvalue weighted by Gasteiger charge is -2.21. The van der Waals surface area contributed by atoms with Crippen molar-refractivity contribution >= 4 is 0 Å². The van der Waals surface area contributed by atoms with Gasteiger partial charge >= 0.3 is 0 Å². The van der Waals surface area contributed by atoms with E-state index >= 15 is 0 Å². The summed E-state index contributed by atoms with van der Waals surface area (Å²) < 4.78 is 0. The lowest BCUT2D eigenvalue weighted by Crippen LogP contribution is -2.38. The molecule has 1 saturated carbocycles. The first-order valence-electron chi connectivity index (χ1n) is 15.3. The lowest BCUT2D eigenvalue weighted by molar-refractivity contribution is 0.374. The third-order valence-electron chi connectivity index (χ3n) is 7.71. The van der Waals surface area contributed by atoms with Crippen LogP contribution in [0.4, 0.5) is 0 Å². The van der Waals surface area contributed by atoms with E-state index in [0.717, 1.165) is 12.0 Å². The second-order valence-corrected chi connectivity index (χ2v) is 10.8. The normalized spacial score (nSPS) is 18.6. The van der Waals surface area contributed by atoms with Gasteiger partial charge in [-0.25, -0.2) is 0 Å². The first-order chi connectivity index (χ1) is 15.9. The molecule has 0 bridgehead atoms. The third kappa shape index (κ3) is 18.4. The van der Waals surface area contributed by atoms with E-state index in [0.29, 0.717) is 0 Å². The third-order valence-corrected chi connectivity index (χ3v) is 7.71. The van der Waals surface area contributed by atoms with Gasteiger partial charge in [0.1, 0.15) is 0 Å². The van der Waals surface area contributed by atoms with Crippen LogP contribution in [0, 0.1) is 5.92 Å². The molecule has 2 N–H and O–H groups in total. The topological polar surface area (TPSA) is 24.1 Å². The van der Waals surface area contributed by atoms with E-state index in [4.69, 9.17) is 0 Å². The van der Waals surface area contributed by atoms with Gasteiger partial charge in [-0.05, 0) is 51.2 Å².